The number of pyridine rings is 1. The van der Waals surface area contributed by atoms with E-state index in [9.17, 15) is 18.0 Å². The molecule has 5 rings (SSSR count). The van der Waals surface area contributed by atoms with Crippen molar-refractivity contribution in [3.8, 4) is 11.3 Å². The summed E-state index contributed by atoms with van der Waals surface area (Å²) in [4.78, 5) is 35.1. The summed E-state index contributed by atoms with van der Waals surface area (Å²) in [5.74, 6) is 1.31. The highest BCUT2D eigenvalue weighted by Crippen LogP contribution is 2.36. The Kier molecular flexibility index (Phi) is 7.56. The van der Waals surface area contributed by atoms with Gasteiger partial charge in [-0.2, -0.15) is 18.2 Å². The van der Waals surface area contributed by atoms with E-state index in [0.29, 0.717) is 43.1 Å². The fourth-order valence-electron chi connectivity index (χ4n) is 4.86. The predicted molar refractivity (Wildman–Crippen MR) is 145 cm³/mol. The number of halogens is 3. The number of carbonyl (C=O) groups excluding carboxylic acids is 1. The fraction of sp³-hybridized carbons (Fsp3) is 0.407. The van der Waals surface area contributed by atoms with Crippen LogP contribution in [0.5, 0.6) is 0 Å². The van der Waals surface area contributed by atoms with E-state index in [0.717, 1.165) is 49.8 Å². The molecule has 2 amide bonds. The Balaban J connectivity index is 1.44. The summed E-state index contributed by atoms with van der Waals surface area (Å²) < 4.78 is 40.0. The molecule has 9 nitrogen and oxygen atoms in total. The molecule has 3 aromatic rings. The van der Waals surface area contributed by atoms with Crippen LogP contribution >= 0.6 is 0 Å². The smallest absolute Gasteiger partial charge is 0.369 e. The average Bonchev–Trinajstić information content (AvgIpc) is 3.12. The molecule has 0 bridgehead atoms. The van der Waals surface area contributed by atoms with Gasteiger partial charge in [0, 0.05) is 57.6 Å². The summed E-state index contributed by atoms with van der Waals surface area (Å²) in [7, 11) is 2.08. The molecule has 2 aliphatic heterocycles. The molecule has 39 heavy (non-hydrogen) atoms. The van der Waals surface area contributed by atoms with E-state index in [2.05, 4.69) is 37.0 Å². The molecule has 0 atom stereocenters. The van der Waals surface area contributed by atoms with Crippen LogP contribution in [0.3, 0.4) is 0 Å². The maximum absolute atomic E-state index is 13.5. The molecule has 1 aromatic carbocycles. The second-order valence-corrected chi connectivity index (χ2v) is 9.66. The standard InChI is InChI=1S/C27H31F3N8O/c1-3-36-12-5-13-38(26(39)34-25-31-11-10-23(33-25)37-16-14-35(2)15-17-37)24-22(36)9-8-21(32-24)19-6-4-7-20(18-19)27(28,29)30/h4,6-11,18H,3,5,12-17H2,1-2H3,(H,31,33,34,39). The third kappa shape index (κ3) is 5.90. The van der Waals surface area contributed by atoms with Gasteiger partial charge < -0.3 is 14.7 Å². The number of rotatable bonds is 4. The number of fused-ring (bicyclic) bond motifs is 1. The molecule has 206 valence electrons. The number of nitrogens with zero attached hydrogens (tertiary/aromatic N) is 7. The van der Waals surface area contributed by atoms with E-state index in [-0.39, 0.29) is 5.95 Å². The van der Waals surface area contributed by atoms with Crippen molar-refractivity contribution >= 4 is 29.3 Å². The lowest BCUT2D eigenvalue weighted by molar-refractivity contribution is -0.137. The summed E-state index contributed by atoms with van der Waals surface area (Å²) in [6.45, 7) is 7.31. The molecule has 12 heteroatoms. The zero-order valence-corrected chi connectivity index (χ0v) is 21.9. The van der Waals surface area contributed by atoms with E-state index in [1.54, 1.807) is 18.3 Å². The van der Waals surface area contributed by atoms with Crippen LogP contribution in [-0.2, 0) is 6.18 Å². The van der Waals surface area contributed by atoms with Crippen molar-refractivity contribution < 1.29 is 18.0 Å². The molecule has 1 N–H and O–H groups in total. The monoisotopic (exact) mass is 540 g/mol. The minimum Gasteiger partial charge on any atom is -0.369 e. The molecule has 0 aliphatic carbocycles. The van der Waals surface area contributed by atoms with Gasteiger partial charge in [-0.15, -0.1) is 0 Å². The molecule has 1 fully saturated rings. The summed E-state index contributed by atoms with van der Waals surface area (Å²) >= 11 is 0. The lowest BCUT2D eigenvalue weighted by atomic mass is 10.1. The van der Waals surface area contributed by atoms with Crippen LogP contribution in [0.1, 0.15) is 18.9 Å². The Morgan fingerprint density at radius 1 is 1.00 bits per heavy atom. The number of urea groups is 1. The third-order valence-electron chi connectivity index (χ3n) is 7.06. The zero-order chi connectivity index (χ0) is 27.6. The van der Waals surface area contributed by atoms with Crippen molar-refractivity contribution in [3.05, 3.63) is 54.2 Å². The van der Waals surface area contributed by atoms with E-state index < -0.39 is 17.8 Å². The SMILES string of the molecule is CCN1CCCN(C(=O)Nc2nccc(N3CCN(C)CC3)n2)c2nc(-c3cccc(C(F)(F)F)c3)ccc21. The van der Waals surface area contributed by atoms with Crippen LogP contribution in [0, 0.1) is 0 Å². The van der Waals surface area contributed by atoms with Crippen molar-refractivity contribution in [2.75, 3.05) is 72.9 Å². The lowest BCUT2D eigenvalue weighted by Gasteiger charge is -2.33. The van der Waals surface area contributed by atoms with Gasteiger partial charge in [0.1, 0.15) is 5.82 Å². The topological polar surface area (TPSA) is 80.7 Å². The summed E-state index contributed by atoms with van der Waals surface area (Å²) in [5.41, 5.74) is 0.666. The third-order valence-corrected chi connectivity index (χ3v) is 7.06. The molecular formula is C27H31F3N8O. The van der Waals surface area contributed by atoms with Crippen molar-refractivity contribution in [2.24, 2.45) is 0 Å². The van der Waals surface area contributed by atoms with Crippen molar-refractivity contribution in [1.29, 1.82) is 0 Å². The van der Waals surface area contributed by atoms with Crippen molar-refractivity contribution in [2.45, 2.75) is 19.5 Å². The van der Waals surface area contributed by atoms with Crippen molar-refractivity contribution in [1.82, 2.24) is 19.9 Å². The number of piperazine rings is 1. The Labute approximate surface area is 225 Å². The summed E-state index contributed by atoms with van der Waals surface area (Å²) in [6.07, 6.45) is -2.15. The van der Waals surface area contributed by atoms with Gasteiger partial charge in [0.25, 0.3) is 0 Å². The van der Waals surface area contributed by atoms with E-state index in [1.807, 2.05) is 19.1 Å². The van der Waals surface area contributed by atoms with Gasteiger partial charge in [-0.3, -0.25) is 10.2 Å². The second kappa shape index (κ2) is 11.0. The summed E-state index contributed by atoms with van der Waals surface area (Å²) in [5, 5.41) is 2.81. The zero-order valence-electron chi connectivity index (χ0n) is 21.9. The van der Waals surface area contributed by atoms with Crippen LogP contribution in [0.25, 0.3) is 11.3 Å². The number of amides is 2. The van der Waals surface area contributed by atoms with Gasteiger partial charge >= 0.3 is 12.2 Å². The number of anilines is 4. The maximum Gasteiger partial charge on any atom is 0.416 e. The highest BCUT2D eigenvalue weighted by molar-refractivity contribution is 6.02. The molecule has 2 aromatic heterocycles. The molecule has 0 spiro atoms. The molecular weight excluding hydrogens is 509 g/mol. The first kappa shape index (κ1) is 26.7. The number of likely N-dealkylation sites (N-methyl/N-ethyl adjacent to an activating group) is 1. The molecule has 0 saturated carbocycles. The van der Waals surface area contributed by atoms with Gasteiger partial charge in [-0.1, -0.05) is 12.1 Å². The number of carbonyl (C=O) groups is 1. The van der Waals surface area contributed by atoms with Gasteiger partial charge in [0.15, 0.2) is 5.82 Å². The fourth-order valence-corrected chi connectivity index (χ4v) is 4.86. The highest BCUT2D eigenvalue weighted by Gasteiger charge is 2.31. The number of benzene rings is 1. The minimum atomic E-state index is -4.47. The first-order valence-corrected chi connectivity index (χ1v) is 13.0. The quantitative estimate of drug-likeness (QED) is 0.519. The minimum absolute atomic E-state index is 0.184. The Hall–Kier alpha value is -3.93. The largest absolute Gasteiger partial charge is 0.416 e. The maximum atomic E-state index is 13.5. The number of nitrogens with one attached hydrogen (secondary N) is 1. The van der Waals surface area contributed by atoms with Crippen LogP contribution < -0.4 is 20.0 Å². The predicted octanol–water partition coefficient (Wildman–Crippen LogP) is 4.58. The second-order valence-electron chi connectivity index (χ2n) is 9.66. The Morgan fingerprint density at radius 3 is 2.54 bits per heavy atom. The number of aromatic nitrogens is 3. The molecule has 0 radical (unpaired) electrons. The van der Waals surface area contributed by atoms with Gasteiger partial charge in [-0.05, 0) is 50.7 Å². The normalized spacial score (nSPS) is 16.6. The van der Waals surface area contributed by atoms with Crippen LogP contribution in [0.2, 0.25) is 0 Å². The molecule has 0 unspecified atom stereocenters. The molecule has 1 saturated heterocycles. The van der Waals surface area contributed by atoms with Crippen LogP contribution in [-0.4, -0.2) is 78.7 Å². The lowest BCUT2D eigenvalue weighted by Crippen LogP contribution is -2.45. The number of alkyl halides is 3. The number of hydrogen-bond acceptors (Lipinski definition) is 7. The first-order chi connectivity index (χ1) is 18.7. The summed E-state index contributed by atoms with van der Waals surface area (Å²) in [6, 6.07) is 9.94. The van der Waals surface area contributed by atoms with Crippen molar-refractivity contribution in [3.63, 3.8) is 0 Å². The Bertz CT molecular complexity index is 1330. The van der Waals surface area contributed by atoms with E-state index >= 15 is 0 Å². The van der Waals surface area contributed by atoms with Gasteiger partial charge in [0.05, 0.1) is 16.9 Å². The van der Waals surface area contributed by atoms with E-state index in [1.165, 1.54) is 11.0 Å². The first-order valence-electron chi connectivity index (χ1n) is 13.0. The molecule has 2 aliphatic rings. The number of hydrogen-bond donors (Lipinski definition) is 1. The molecule has 4 heterocycles. The Morgan fingerprint density at radius 2 is 1.79 bits per heavy atom. The van der Waals surface area contributed by atoms with Gasteiger partial charge in [-0.25, -0.2) is 14.8 Å². The average molecular weight is 541 g/mol. The highest BCUT2D eigenvalue weighted by atomic mass is 19.4. The van der Waals surface area contributed by atoms with Gasteiger partial charge in [0.2, 0.25) is 5.95 Å². The van der Waals surface area contributed by atoms with E-state index in [4.69, 9.17) is 4.98 Å². The van der Waals surface area contributed by atoms with Crippen LogP contribution in [0.4, 0.5) is 41.2 Å². The van der Waals surface area contributed by atoms with Crippen LogP contribution in [0.15, 0.2) is 48.7 Å².